The van der Waals surface area contributed by atoms with E-state index in [0.29, 0.717) is 12.4 Å². The van der Waals surface area contributed by atoms with Crippen molar-refractivity contribution in [3.05, 3.63) is 77.7 Å². The van der Waals surface area contributed by atoms with Gasteiger partial charge in [0.05, 0.1) is 16.1 Å². The SMILES string of the molecule is NC(=O)CCN(Cc1ccccc1)C(=O)CSc1nc(-c2cccs2)nc2ccccc12. The number of aromatic nitrogens is 2. The van der Waals surface area contributed by atoms with Gasteiger partial charge in [0.1, 0.15) is 5.03 Å². The Labute approximate surface area is 194 Å². The summed E-state index contributed by atoms with van der Waals surface area (Å²) in [6.45, 7) is 0.715. The second-order valence-electron chi connectivity index (χ2n) is 7.15. The van der Waals surface area contributed by atoms with Crippen molar-refractivity contribution in [1.29, 1.82) is 0 Å². The highest BCUT2D eigenvalue weighted by Gasteiger charge is 2.17. The first-order chi connectivity index (χ1) is 15.6. The van der Waals surface area contributed by atoms with Crippen LogP contribution < -0.4 is 5.73 Å². The average Bonchev–Trinajstić information content (AvgIpc) is 3.35. The van der Waals surface area contributed by atoms with Gasteiger partial charge in [0.15, 0.2) is 5.82 Å². The van der Waals surface area contributed by atoms with Crippen molar-refractivity contribution in [2.75, 3.05) is 12.3 Å². The molecule has 0 aliphatic rings. The molecule has 2 heterocycles. The van der Waals surface area contributed by atoms with Gasteiger partial charge in [-0.1, -0.05) is 66.4 Å². The van der Waals surface area contributed by atoms with E-state index in [4.69, 9.17) is 10.7 Å². The zero-order chi connectivity index (χ0) is 22.3. The van der Waals surface area contributed by atoms with Crippen molar-refractivity contribution in [3.63, 3.8) is 0 Å². The van der Waals surface area contributed by atoms with Crippen LogP contribution in [0.4, 0.5) is 0 Å². The summed E-state index contributed by atoms with van der Waals surface area (Å²) in [6.07, 6.45) is 0.127. The Hall–Kier alpha value is -3.23. The number of benzene rings is 2. The van der Waals surface area contributed by atoms with E-state index < -0.39 is 5.91 Å². The first-order valence-electron chi connectivity index (χ1n) is 10.1. The first-order valence-corrected chi connectivity index (χ1v) is 12.0. The molecular weight excluding hydrogens is 440 g/mol. The van der Waals surface area contributed by atoms with E-state index in [1.165, 1.54) is 11.8 Å². The lowest BCUT2D eigenvalue weighted by Crippen LogP contribution is -2.34. The lowest BCUT2D eigenvalue weighted by Gasteiger charge is -2.22. The van der Waals surface area contributed by atoms with Crippen molar-refractivity contribution < 1.29 is 9.59 Å². The predicted octanol–water partition coefficient (Wildman–Crippen LogP) is 4.35. The van der Waals surface area contributed by atoms with Crippen LogP contribution in [-0.2, 0) is 16.1 Å². The van der Waals surface area contributed by atoms with Gasteiger partial charge in [-0.2, -0.15) is 0 Å². The molecule has 0 unspecified atom stereocenters. The van der Waals surface area contributed by atoms with E-state index >= 15 is 0 Å². The minimum atomic E-state index is -0.425. The third-order valence-corrected chi connectivity index (χ3v) is 6.68. The standard InChI is InChI=1S/C24H22N4O2S2/c25-21(29)12-13-28(15-17-7-2-1-3-8-17)22(30)16-32-24-18-9-4-5-10-19(18)26-23(27-24)20-11-6-14-31-20/h1-11,14H,12-13,15-16H2,(H2,25,29). The van der Waals surface area contributed by atoms with Crippen molar-refractivity contribution in [2.24, 2.45) is 5.73 Å². The Bertz CT molecular complexity index is 1210. The summed E-state index contributed by atoms with van der Waals surface area (Å²) in [5.41, 5.74) is 7.17. The number of rotatable bonds is 9. The number of thioether (sulfide) groups is 1. The zero-order valence-electron chi connectivity index (χ0n) is 17.3. The number of hydrogen-bond donors (Lipinski definition) is 1. The van der Waals surface area contributed by atoms with Crippen LogP contribution in [0.25, 0.3) is 21.6 Å². The van der Waals surface area contributed by atoms with Gasteiger partial charge in [-0.05, 0) is 23.1 Å². The van der Waals surface area contributed by atoms with E-state index in [1.807, 2.05) is 72.1 Å². The number of thiophene rings is 1. The summed E-state index contributed by atoms with van der Waals surface area (Å²) >= 11 is 2.97. The minimum absolute atomic E-state index is 0.0690. The Morgan fingerprint density at radius 2 is 1.75 bits per heavy atom. The van der Waals surface area contributed by atoms with Crippen LogP contribution in [0.2, 0.25) is 0 Å². The quantitative estimate of drug-likeness (QED) is 0.295. The maximum Gasteiger partial charge on any atom is 0.233 e. The molecule has 8 heteroatoms. The molecule has 0 saturated carbocycles. The molecular formula is C24H22N4O2S2. The molecule has 0 aliphatic carbocycles. The lowest BCUT2D eigenvalue weighted by atomic mass is 10.2. The molecule has 2 aromatic heterocycles. The molecule has 32 heavy (non-hydrogen) atoms. The molecule has 0 saturated heterocycles. The molecule has 162 valence electrons. The highest BCUT2D eigenvalue weighted by molar-refractivity contribution is 8.00. The van der Waals surface area contributed by atoms with E-state index in [0.717, 1.165) is 26.4 Å². The van der Waals surface area contributed by atoms with E-state index in [1.54, 1.807) is 16.2 Å². The molecule has 0 aliphatic heterocycles. The van der Waals surface area contributed by atoms with Crippen molar-refractivity contribution >= 4 is 45.8 Å². The number of nitrogens with two attached hydrogens (primary N) is 1. The van der Waals surface area contributed by atoms with Gasteiger partial charge < -0.3 is 10.6 Å². The van der Waals surface area contributed by atoms with E-state index in [2.05, 4.69) is 4.98 Å². The number of nitrogens with zero attached hydrogens (tertiary/aromatic N) is 3. The second-order valence-corrected chi connectivity index (χ2v) is 9.06. The fourth-order valence-electron chi connectivity index (χ4n) is 3.24. The average molecular weight is 463 g/mol. The van der Waals surface area contributed by atoms with Crippen LogP contribution in [0.1, 0.15) is 12.0 Å². The Balaban J connectivity index is 1.55. The molecule has 2 aromatic carbocycles. The number of primary amides is 1. The topological polar surface area (TPSA) is 89.2 Å². The summed E-state index contributed by atoms with van der Waals surface area (Å²) in [7, 11) is 0. The number of amides is 2. The summed E-state index contributed by atoms with van der Waals surface area (Å²) in [4.78, 5) is 36.5. The fraction of sp³-hybridized carbons (Fsp3) is 0.167. The smallest absolute Gasteiger partial charge is 0.233 e. The highest BCUT2D eigenvalue weighted by Crippen LogP contribution is 2.30. The third-order valence-electron chi connectivity index (χ3n) is 4.84. The molecule has 0 fully saturated rings. The normalized spacial score (nSPS) is 10.9. The van der Waals surface area contributed by atoms with Crippen molar-refractivity contribution in [2.45, 2.75) is 18.0 Å². The van der Waals surface area contributed by atoms with Crippen LogP contribution in [0.5, 0.6) is 0 Å². The van der Waals surface area contributed by atoms with Crippen LogP contribution in [0.15, 0.2) is 77.1 Å². The molecule has 0 spiro atoms. The number of para-hydroxylation sites is 1. The molecule has 0 radical (unpaired) electrons. The second kappa shape index (κ2) is 10.4. The van der Waals surface area contributed by atoms with Crippen LogP contribution in [0, 0.1) is 0 Å². The fourth-order valence-corrected chi connectivity index (χ4v) is 4.82. The third kappa shape index (κ3) is 5.52. The Kier molecular flexibility index (Phi) is 7.14. The Morgan fingerprint density at radius 1 is 0.969 bits per heavy atom. The van der Waals surface area contributed by atoms with Crippen LogP contribution >= 0.6 is 23.1 Å². The van der Waals surface area contributed by atoms with Gasteiger partial charge in [-0.25, -0.2) is 9.97 Å². The predicted molar refractivity (Wildman–Crippen MR) is 129 cm³/mol. The van der Waals surface area contributed by atoms with Gasteiger partial charge in [-0.3, -0.25) is 9.59 Å². The van der Waals surface area contributed by atoms with Gasteiger partial charge >= 0.3 is 0 Å². The number of fused-ring (bicyclic) bond motifs is 1. The van der Waals surface area contributed by atoms with Gasteiger partial charge in [0.2, 0.25) is 11.8 Å². The molecule has 2 amide bonds. The van der Waals surface area contributed by atoms with Crippen molar-refractivity contribution in [1.82, 2.24) is 14.9 Å². The van der Waals surface area contributed by atoms with Crippen molar-refractivity contribution in [3.8, 4) is 10.7 Å². The molecule has 0 bridgehead atoms. The van der Waals surface area contributed by atoms with E-state index in [9.17, 15) is 9.59 Å². The number of hydrogen-bond acceptors (Lipinski definition) is 6. The lowest BCUT2D eigenvalue weighted by molar-refractivity contribution is -0.129. The molecule has 4 rings (SSSR count). The maximum atomic E-state index is 13.1. The molecule has 0 atom stereocenters. The maximum absolute atomic E-state index is 13.1. The number of carbonyl (C=O) groups excluding carboxylic acids is 2. The number of carbonyl (C=O) groups is 2. The largest absolute Gasteiger partial charge is 0.370 e. The monoisotopic (exact) mass is 462 g/mol. The first kappa shape index (κ1) is 22.0. The van der Waals surface area contributed by atoms with Gasteiger partial charge in [0, 0.05) is 24.9 Å². The molecule has 4 aromatic rings. The summed E-state index contributed by atoms with van der Waals surface area (Å²) < 4.78 is 0. The summed E-state index contributed by atoms with van der Waals surface area (Å²) in [6, 6.07) is 21.5. The molecule has 6 nitrogen and oxygen atoms in total. The highest BCUT2D eigenvalue weighted by atomic mass is 32.2. The summed E-state index contributed by atoms with van der Waals surface area (Å²) in [5.74, 6) is 0.367. The Morgan fingerprint density at radius 3 is 2.50 bits per heavy atom. The van der Waals surface area contributed by atoms with Crippen LogP contribution in [-0.4, -0.2) is 39.0 Å². The van der Waals surface area contributed by atoms with Gasteiger partial charge in [0.25, 0.3) is 0 Å². The van der Waals surface area contributed by atoms with Crippen LogP contribution in [0.3, 0.4) is 0 Å². The van der Waals surface area contributed by atoms with Gasteiger partial charge in [-0.15, -0.1) is 11.3 Å². The van der Waals surface area contributed by atoms with E-state index in [-0.39, 0.29) is 24.6 Å². The zero-order valence-corrected chi connectivity index (χ0v) is 18.9. The minimum Gasteiger partial charge on any atom is -0.370 e. The molecule has 2 N–H and O–H groups in total. The summed E-state index contributed by atoms with van der Waals surface area (Å²) in [5, 5.41) is 3.67.